The quantitative estimate of drug-likeness (QED) is 0.330. The zero-order valence-corrected chi connectivity index (χ0v) is 18.9. The smallest absolute Gasteiger partial charge is 0.248 e. The van der Waals surface area contributed by atoms with Crippen molar-refractivity contribution in [1.82, 2.24) is 0 Å². The summed E-state index contributed by atoms with van der Waals surface area (Å²) < 4.78 is 125. The second kappa shape index (κ2) is 12.0. The fourth-order valence-electron chi connectivity index (χ4n) is 1.48. The van der Waals surface area contributed by atoms with Crippen molar-refractivity contribution in [2.75, 3.05) is 39.6 Å². The van der Waals surface area contributed by atoms with E-state index in [0.29, 0.717) is 6.42 Å². The van der Waals surface area contributed by atoms with Crippen molar-refractivity contribution in [1.29, 1.82) is 0 Å². The Hall–Kier alpha value is -0.590. The average molecular weight is 543 g/mol. The summed E-state index contributed by atoms with van der Waals surface area (Å²) in [4.78, 5) is 0. The van der Waals surface area contributed by atoms with Crippen LogP contribution in [-0.4, -0.2) is 85.8 Å². The molecule has 0 bridgehead atoms. The second-order valence-corrected chi connectivity index (χ2v) is 10.3. The maximum Gasteiger partial charge on any atom is 0.402 e. The third kappa shape index (κ3) is 13.5. The number of rotatable bonds is 0. The normalized spacial score (nSPS) is 31.7. The first-order chi connectivity index (χ1) is 14.1. The Bertz CT molecular complexity index is 873. The Kier molecular flexibility index (Phi) is 11.0. The first kappa shape index (κ1) is 28.4. The van der Waals surface area contributed by atoms with E-state index in [1.807, 2.05) is 0 Å². The summed E-state index contributed by atoms with van der Waals surface area (Å²) in [6.07, 6.45) is -1.49. The lowest BCUT2D eigenvalue weighted by Gasteiger charge is -2.09. The summed E-state index contributed by atoms with van der Waals surface area (Å²) in [6, 6.07) is 0. The molecule has 0 saturated carbocycles. The van der Waals surface area contributed by atoms with Crippen molar-refractivity contribution in [3.05, 3.63) is 0 Å². The van der Waals surface area contributed by atoms with Crippen molar-refractivity contribution in [3.8, 4) is 0 Å². The van der Waals surface area contributed by atoms with E-state index in [1.165, 1.54) is 0 Å². The summed E-state index contributed by atoms with van der Waals surface area (Å²) >= 11 is 0. The van der Waals surface area contributed by atoms with Gasteiger partial charge in [0.1, 0.15) is 12.7 Å². The third-order valence-electron chi connectivity index (χ3n) is 2.58. The van der Waals surface area contributed by atoms with E-state index in [1.54, 1.807) is 6.92 Å². The maximum atomic E-state index is 11.7. The van der Waals surface area contributed by atoms with E-state index < -0.39 is 54.6 Å². The zero-order valence-electron chi connectivity index (χ0n) is 15.6. The van der Waals surface area contributed by atoms with Gasteiger partial charge in [-0.05, 0) is 13.3 Å². The summed E-state index contributed by atoms with van der Waals surface area (Å²) in [5, 5.41) is 0. The van der Waals surface area contributed by atoms with Gasteiger partial charge in [-0.15, -0.1) is 0 Å². The predicted molar refractivity (Wildman–Crippen MR) is 92.5 cm³/mol. The lowest BCUT2D eigenvalue weighted by Crippen LogP contribution is -2.18. The zero-order chi connectivity index (χ0) is 23.8. The molecule has 21 heteroatoms. The molecule has 0 aliphatic carbocycles. The van der Waals surface area contributed by atoms with Crippen LogP contribution in [0, 0.1) is 0 Å². The van der Waals surface area contributed by atoms with Crippen LogP contribution in [0.2, 0.25) is 0 Å². The van der Waals surface area contributed by atoms with E-state index in [0.717, 1.165) is 0 Å². The molecule has 4 saturated heterocycles. The third-order valence-corrected chi connectivity index (χ3v) is 6.26. The molecule has 2 unspecified atom stereocenters. The van der Waals surface area contributed by atoms with Gasteiger partial charge in [-0.1, -0.05) is 0 Å². The van der Waals surface area contributed by atoms with Crippen LogP contribution in [0.5, 0.6) is 0 Å². The van der Waals surface area contributed by atoms with Gasteiger partial charge >= 0.3 is 41.6 Å². The minimum Gasteiger partial charge on any atom is -0.248 e. The molecule has 31 heavy (non-hydrogen) atoms. The van der Waals surface area contributed by atoms with Gasteiger partial charge in [0.2, 0.25) is 6.36 Å². The van der Waals surface area contributed by atoms with Crippen molar-refractivity contribution < 1.29 is 71.5 Å². The highest BCUT2D eigenvalue weighted by Gasteiger charge is 2.29. The van der Waals surface area contributed by atoms with Gasteiger partial charge < -0.3 is 0 Å². The molecule has 4 fully saturated rings. The average Bonchev–Trinajstić information content (AvgIpc) is 3.27. The fourth-order valence-corrected chi connectivity index (χ4v) is 4.31. The molecule has 4 aliphatic rings. The van der Waals surface area contributed by atoms with Crippen LogP contribution in [0.4, 0.5) is 4.39 Å². The maximum absolute atomic E-state index is 11.7. The fraction of sp³-hybridized carbons (Fsp3) is 1.00. The van der Waals surface area contributed by atoms with Gasteiger partial charge in [-0.2, -0.15) is 33.7 Å². The lowest BCUT2D eigenvalue weighted by molar-refractivity contribution is 0.0913. The van der Waals surface area contributed by atoms with Crippen molar-refractivity contribution in [2.45, 2.75) is 25.8 Å². The number of hydrogen-bond donors (Lipinski definition) is 0. The molecular formula is C10H19FO16S4. The van der Waals surface area contributed by atoms with E-state index in [9.17, 15) is 38.1 Å². The highest BCUT2D eigenvalue weighted by atomic mass is 32.3. The Balaban J connectivity index is 0.000000207. The molecule has 0 aromatic carbocycles. The highest BCUT2D eigenvalue weighted by molar-refractivity contribution is 7.82. The van der Waals surface area contributed by atoms with Crippen LogP contribution in [-0.2, 0) is 75.1 Å². The topological polar surface area (TPSA) is 210 Å². The predicted octanol–water partition coefficient (Wildman–Crippen LogP) is -1.81. The minimum atomic E-state index is -3.97. The molecular weight excluding hydrogens is 523 g/mol. The van der Waals surface area contributed by atoms with Gasteiger partial charge in [-0.3, -0.25) is 0 Å². The SMILES string of the molecule is CC1COS(=O)(=O)O1.O=S1(=O)OCC(F)O1.O=S1(=O)OCCCO1.O=S1(=O)OCCO1. The second-order valence-electron chi connectivity index (χ2n) is 5.26. The Morgan fingerprint density at radius 3 is 1.13 bits per heavy atom. The molecule has 0 spiro atoms. The van der Waals surface area contributed by atoms with Crippen molar-refractivity contribution in [2.24, 2.45) is 0 Å². The molecule has 0 amide bonds. The van der Waals surface area contributed by atoms with E-state index in [2.05, 4.69) is 33.5 Å². The number of alkyl halides is 1. The van der Waals surface area contributed by atoms with E-state index in [4.69, 9.17) is 0 Å². The van der Waals surface area contributed by atoms with Crippen LogP contribution in [0.3, 0.4) is 0 Å². The lowest BCUT2D eigenvalue weighted by atomic mass is 10.5. The Morgan fingerprint density at radius 2 is 1.00 bits per heavy atom. The molecule has 0 aromatic rings. The number of halogens is 1. The van der Waals surface area contributed by atoms with Gasteiger partial charge in [0.05, 0.1) is 33.0 Å². The van der Waals surface area contributed by atoms with Crippen molar-refractivity contribution in [3.63, 3.8) is 0 Å². The molecule has 4 heterocycles. The first-order valence-corrected chi connectivity index (χ1v) is 13.3. The molecule has 0 aromatic heterocycles. The van der Waals surface area contributed by atoms with Gasteiger partial charge in [0, 0.05) is 0 Å². The standard InChI is InChI=1S/2C3H6O4S.C2H3FO4S.C2H4O4S/c1-3-2-6-8(4,5)7-3;4-8(5)6-2-1-3-7-8;3-2-1-6-8(4,5)7-2;3-7(4)5-1-2-6-7/h3H,2H2,1H3;1-3H2;2H,1H2;1-2H2. The van der Waals surface area contributed by atoms with Gasteiger partial charge in [-0.25, -0.2) is 37.9 Å². The van der Waals surface area contributed by atoms with Gasteiger partial charge in [0.25, 0.3) is 0 Å². The molecule has 4 aliphatic heterocycles. The van der Waals surface area contributed by atoms with Gasteiger partial charge in [0.15, 0.2) is 0 Å². The first-order valence-electron chi connectivity index (χ1n) is 7.98. The van der Waals surface area contributed by atoms with Crippen LogP contribution in [0.15, 0.2) is 0 Å². The van der Waals surface area contributed by atoms with Crippen LogP contribution < -0.4 is 0 Å². The molecule has 186 valence electrons. The summed E-state index contributed by atoms with van der Waals surface area (Å²) in [7, 11) is -14.7. The molecule has 16 nitrogen and oxygen atoms in total. The highest BCUT2D eigenvalue weighted by Crippen LogP contribution is 2.12. The summed E-state index contributed by atoms with van der Waals surface area (Å²) in [5.41, 5.74) is 0. The Morgan fingerprint density at radius 1 is 0.581 bits per heavy atom. The van der Waals surface area contributed by atoms with Crippen LogP contribution in [0.1, 0.15) is 13.3 Å². The Labute approximate surface area is 178 Å². The molecule has 0 radical (unpaired) electrons. The van der Waals surface area contributed by atoms with E-state index >= 15 is 0 Å². The van der Waals surface area contributed by atoms with E-state index in [-0.39, 0.29) is 39.1 Å². The summed E-state index contributed by atoms with van der Waals surface area (Å²) in [5.74, 6) is 0. The minimum absolute atomic E-state index is 0.141. The van der Waals surface area contributed by atoms with Crippen LogP contribution in [0.25, 0.3) is 0 Å². The molecule has 0 N–H and O–H groups in total. The number of hydrogen-bond acceptors (Lipinski definition) is 16. The monoisotopic (exact) mass is 542 g/mol. The summed E-state index contributed by atoms with van der Waals surface area (Å²) in [6.45, 7) is 2.06. The van der Waals surface area contributed by atoms with Crippen LogP contribution >= 0.6 is 0 Å². The largest absolute Gasteiger partial charge is 0.402 e. The van der Waals surface area contributed by atoms with Crippen molar-refractivity contribution >= 4 is 41.6 Å². The molecule has 4 rings (SSSR count). The molecule has 2 atom stereocenters.